The topological polar surface area (TPSA) is 368 Å². The summed E-state index contributed by atoms with van der Waals surface area (Å²) in [4.78, 5) is 40.3. The van der Waals surface area contributed by atoms with E-state index in [2.05, 4.69) is 19.9 Å². The van der Waals surface area contributed by atoms with Crippen LogP contribution in [-0.4, -0.2) is 216 Å². The molecule has 0 radical (unpaired) electrons. The van der Waals surface area contributed by atoms with Gasteiger partial charge in [-0.3, -0.25) is 0 Å². The molecule has 8 aliphatic rings. The number of carbonyl (C=O) groups is 3. The Labute approximate surface area is 466 Å². The monoisotopic (exact) mass is 1140 g/mol. The molecule has 80 heavy (non-hydrogen) atoms. The van der Waals surface area contributed by atoms with Crippen LogP contribution in [0.25, 0.3) is 0 Å². The van der Waals surface area contributed by atoms with Gasteiger partial charge in [0, 0.05) is 22.0 Å². The number of carboxylic acids is 1. The Morgan fingerprint density at radius 3 is 1.71 bits per heavy atom. The molecule has 23 nitrogen and oxygen atoms in total. The number of rotatable bonds is 14. The number of ether oxygens (including phenoxy) is 8. The van der Waals surface area contributed by atoms with Crippen molar-refractivity contribution in [3.63, 3.8) is 0 Å². The number of esters is 2. The van der Waals surface area contributed by atoms with Gasteiger partial charge < -0.3 is 99.2 Å². The Morgan fingerprint density at radius 1 is 0.637 bits per heavy atom. The summed E-state index contributed by atoms with van der Waals surface area (Å²) in [6, 6.07) is 0. The highest BCUT2D eigenvalue weighted by Gasteiger charge is 2.76. The lowest BCUT2D eigenvalue weighted by Crippen LogP contribution is -2.76. The summed E-state index contributed by atoms with van der Waals surface area (Å²) in [5.74, 6) is -4.01. The van der Waals surface area contributed by atoms with Gasteiger partial charge in [-0.05, 0) is 100 Å². The van der Waals surface area contributed by atoms with E-state index >= 15 is 0 Å². The van der Waals surface area contributed by atoms with Gasteiger partial charge in [0.15, 0.2) is 31.1 Å². The molecule has 5 aliphatic carbocycles. The van der Waals surface area contributed by atoms with Crippen molar-refractivity contribution in [2.45, 2.75) is 231 Å². The molecule has 0 bridgehead atoms. The minimum Gasteiger partial charge on any atom is -0.479 e. The summed E-state index contributed by atoms with van der Waals surface area (Å²) in [6.45, 7) is 18.4. The number of carbonyl (C=O) groups excluding carboxylic acids is 2. The fraction of sp³-hybridized carbons (Fsp3) is 0.842. The van der Waals surface area contributed by atoms with Crippen LogP contribution in [0.2, 0.25) is 0 Å². The van der Waals surface area contributed by atoms with Gasteiger partial charge in [0.1, 0.15) is 67.1 Å². The number of aliphatic hydroxyl groups excluding tert-OH is 11. The predicted molar refractivity (Wildman–Crippen MR) is 277 cm³/mol. The second kappa shape index (κ2) is 22.7. The molecule has 0 aromatic carbocycles. The first-order valence-electron chi connectivity index (χ1n) is 28.1. The molecule has 12 N–H and O–H groups in total. The third-order valence-electron chi connectivity index (χ3n) is 21.4. The van der Waals surface area contributed by atoms with Crippen molar-refractivity contribution in [3.8, 4) is 0 Å². The third-order valence-corrected chi connectivity index (χ3v) is 21.4. The molecule has 26 atom stereocenters. The number of allylic oxidation sites excluding steroid dienone is 3. The summed E-state index contributed by atoms with van der Waals surface area (Å²) in [7, 11) is 0. The van der Waals surface area contributed by atoms with E-state index in [9.17, 15) is 75.7 Å². The fourth-order valence-corrected chi connectivity index (χ4v) is 16.2. The average molecular weight is 1140 g/mol. The number of fused-ring (bicyclic) bond motifs is 7. The van der Waals surface area contributed by atoms with Crippen molar-refractivity contribution >= 4 is 17.9 Å². The number of aliphatic hydroxyl groups is 11. The predicted octanol–water partition coefficient (Wildman–Crippen LogP) is 0.263. The second-order valence-corrected chi connectivity index (χ2v) is 26.0. The lowest BCUT2D eigenvalue weighted by Gasteiger charge is -2.73. The lowest BCUT2D eigenvalue weighted by molar-refractivity contribution is -0.386. The summed E-state index contributed by atoms with van der Waals surface area (Å²) in [5.41, 5.74) is -4.40. The van der Waals surface area contributed by atoms with Crippen LogP contribution in [0.5, 0.6) is 0 Å². The normalized spacial score (nSPS) is 49.0. The Hall–Kier alpha value is -3.05. The van der Waals surface area contributed by atoms with E-state index < -0.39 is 193 Å². The van der Waals surface area contributed by atoms with Gasteiger partial charge in [-0.15, -0.1) is 0 Å². The SMILES string of the molecule is C/C=C(/C)C(=O)O[C@H]1[C@H](OC(=O)/C(C)=C/C)[C@@]2(CO)C(CC1(C)C)C1=CCC3[C@@]4(C)CC[C@H](O[C@@H]5OC(C(=O)O)[C@@H](O)[C@@H](O[C@@H]6O[C@@H](CO)[C@@H](O)C6O)C5O[C@@H]5OC(CO)[C@H](O)[C@@H](O)C5O)C(C)(C)C4CC[C@@]3(C)[C@]1(C)[C@@H](O)[C@H]2O. The Bertz CT molecular complexity index is 2390. The van der Waals surface area contributed by atoms with E-state index in [4.69, 9.17) is 37.9 Å². The van der Waals surface area contributed by atoms with Crippen LogP contribution in [-0.2, 0) is 52.3 Å². The number of hydrogen-bond acceptors (Lipinski definition) is 22. The fourth-order valence-electron chi connectivity index (χ4n) is 16.2. The van der Waals surface area contributed by atoms with Gasteiger partial charge in [-0.2, -0.15) is 0 Å². The lowest BCUT2D eigenvalue weighted by atomic mass is 9.32. The quantitative estimate of drug-likeness (QED) is 0.0480. The van der Waals surface area contributed by atoms with E-state index in [0.29, 0.717) is 37.7 Å². The van der Waals surface area contributed by atoms with E-state index in [1.54, 1.807) is 39.8 Å². The molecule has 0 amide bonds. The Balaban J connectivity index is 1.14. The van der Waals surface area contributed by atoms with Crippen molar-refractivity contribution in [3.05, 3.63) is 34.9 Å². The maximum Gasteiger partial charge on any atom is 0.335 e. The number of aliphatic carboxylic acids is 1. The first kappa shape index (κ1) is 63.0. The smallest absolute Gasteiger partial charge is 0.335 e. The van der Waals surface area contributed by atoms with Gasteiger partial charge in [-0.25, -0.2) is 14.4 Å². The maximum absolute atomic E-state index is 13.9. The summed E-state index contributed by atoms with van der Waals surface area (Å²) in [6.07, 6.45) is -24.0. The molecule has 0 aromatic rings. The van der Waals surface area contributed by atoms with E-state index in [0.717, 1.165) is 5.57 Å². The molecule has 3 heterocycles. The molecule has 8 unspecified atom stereocenters. The van der Waals surface area contributed by atoms with Gasteiger partial charge in [0.05, 0.1) is 43.5 Å². The van der Waals surface area contributed by atoms with Crippen molar-refractivity contribution in [1.82, 2.24) is 0 Å². The summed E-state index contributed by atoms with van der Waals surface area (Å²) in [5, 5.41) is 134. The zero-order valence-electron chi connectivity index (χ0n) is 47.7. The summed E-state index contributed by atoms with van der Waals surface area (Å²) >= 11 is 0. The molecule has 7 fully saturated rings. The zero-order valence-corrected chi connectivity index (χ0v) is 47.7. The van der Waals surface area contributed by atoms with Crippen LogP contribution < -0.4 is 0 Å². The molecular formula is C57H88O23. The van der Waals surface area contributed by atoms with Crippen LogP contribution in [0.3, 0.4) is 0 Å². The van der Waals surface area contributed by atoms with E-state index in [-0.39, 0.29) is 23.8 Å². The first-order chi connectivity index (χ1) is 37.3. The van der Waals surface area contributed by atoms with Crippen LogP contribution in [0.1, 0.15) is 115 Å². The average Bonchev–Trinajstić information content (AvgIpc) is 3.72. The third kappa shape index (κ3) is 9.76. The standard InChI is InChI=1S/C57H88O23/c1-12-24(3)47(71)79-44-45(80-48(72)25(4)13-2)57(23-60)27(20-52(44,5)6)26-14-15-31-54(9)18-17-32(53(7,8)30(54)16-19-55(31,10)56(26,11)42(67)43(57)68)75-51-41(78-50-37(65)35(63)33(61)28(21-58)73-50)39(38(66)40(77-51)46(69)70)76-49-36(64)34(62)29(22-59)74-49/h12-14,27-45,49-51,58-68H,15-23H2,1-11H3,(H,69,70)/b24-12-,25-13+/t27?,28?,29-,30?,31?,32-,33-,34+,35+,36?,37?,38-,39+,40?,41?,42-,43+,44-,45-,49-,50-,51+,54-,55+,56-,57-/m0/s1. The molecule has 454 valence electrons. The molecule has 23 heteroatoms. The Morgan fingerprint density at radius 2 is 1.18 bits per heavy atom. The van der Waals surface area contributed by atoms with Crippen LogP contribution in [0.4, 0.5) is 0 Å². The first-order valence-corrected chi connectivity index (χ1v) is 28.1. The van der Waals surface area contributed by atoms with Gasteiger partial charge >= 0.3 is 17.9 Å². The second-order valence-electron chi connectivity index (χ2n) is 26.0. The molecule has 3 saturated heterocycles. The highest BCUT2D eigenvalue weighted by molar-refractivity contribution is 5.89. The maximum atomic E-state index is 13.9. The van der Waals surface area contributed by atoms with Crippen molar-refractivity contribution < 1.29 is 114 Å². The minimum absolute atomic E-state index is 0.153. The van der Waals surface area contributed by atoms with Crippen LogP contribution in [0.15, 0.2) is 34.9 Å². The highest BCUT2D eigenvalue weighted by atomic mass is 16.8. The van der Waals surface area contributed by atoms with Gasteiger partial charge in [-0.1, -0.05) is 72.3 Å². The number of hydrogen-bond donors (Lipinski definition) is 12. The summed E-state index contributed by atoms with van der Waals surface area (Å²) < 4.78 is 49.0. The molecule has 3 aliphatic heterocycles. The molecular weight excluding hydrogens is 1050 g/mol. The molecule has 0 aromatic heterocycles. The van der Waals surface area contributed by atoms with Crippen molar-refractivity contribution in [1.29, 1.82) is 0 Å². The van der Waals surface area contributed by atoms with Crippen LogP contribution in [0, 0.1) is 50.2 Å². The van der Waals surface area contributed by atoms with E-state index in [1.807, 2.05) is 34.6 Å². The van der Waals surface area contributed by atoms with Gasteiger partial charge in [0.2, 0.25) is 0 Å². The minimum atomic E-state index is -2.13. The molecule has 4 saturated carbocycles. The molecule has 8 rings (SSSR count). The van der Waals surface area contributed by atoms with Crippen molar-refractivity contribution in [2.24, 2.45) is 50.2 Å². The van der Waals surface area contributed by atoms with Crippen molar-refractivity contribution in [2.75, 3.05) is 19.8 Å². The number of carboxylic acid groups (broad SMARTS) is 1. The molecule has 0 spiro atoms. The Kier molecular flexibility index (Phi) is 17.9. The van der Waals surface area contributed by atoms with E-state index in [1.165, 1.54) is 0 Å². The van der Waals surface area contributed by atoms with Crippen LogP contribution >= 0.6 is 0 Å². The highest BCUT2D eigenvalue weighted by Crippen LogP contribution is 2.76. The van der Waals surface area contributed by atoms with Gasteiger partial charge in [0.25, 0.3) is 0 Å². The largest absolute Gasteiger partial charge is 0.479 e. The zero-order chi connectivity index (χ0) is 59.3.